The number of carbonyl (C=O) groups is 1. The normalized spacial score (nSPS) is 18.2. The van der Waals surface area contributed by atoms with Gasteiger partial charge >= 0.3 is 0 Å². The molecule has 0 spiro atoms. The molecular weight excluding hydrogens is 394 g/mol. The zero-order valence-electron chi connectivity index (χ0n) is 16.6. The summed E-state index contributed by atoms with van der Waals surface area (Å²) in [5.41, 5.74) is 3.93. The van der Waals surface area contributed by atoms with Gasteiger partial charge in [0.1, 0.15) is 0 Å². The Morgan fingerprint density at radius 3 is 2.82 bits per heavy atom. The number of rotatable bonds is 6. The van der Waals surface area contributed by atoms with Crippen LogP contribution in [0.4, 0.5) is 0 Å². The Hall–Kier alpha value is -1.77. The number of nitrogens with zero attached hydrogens (tertiary/aromatic N) is 2. The highest BCUT2D eigenvalue weighted by Crippen LogP contribution is 2.31. The van der Waals surface area contributed by atoms with Crippen LogP contribution in [0, 0.1) is 13.8 Å². The van der Waals surface area contributed by atoms with E-state index in [0.717, 1.165) is 40.2 Å². The minimum Gasteiger partial charge on any atom is -0.351 e. The van der Waals surface area contributed by atoms with Gasteiger partial charge in [0.15, 0.2) is 0 Å². The summed E-state index contributed by atoms with van der Waals surface area (Å²) in [6, 6.07) is 5.84. The van der Waals surface area contributed by atoms with E-state index in [1.54, 1.807) is 15.6 Å². The fraction of sp³-hybridized carbons (Fsp3) is 0.500. The van der Waals surface area contributed by atoms with Gasteiger partial charge in [0.2, 0.25) is 15.9 Å². The van der Waals surface area contributed by atoms with Crippen LogP contribution in [0.5, 0.6) is 0 Å². The Balaban J connectivity index is 1.68. The highest BCUT2D eigenvalue weighted by Gasteiger charge is 2.31. The zero-order chi connectivity index (χ0) is 20.3. The van der Waals surface area contributed by atoms with Crippen molar-refractivity contribution in [2.45, 2.75) is 51.8 Å². The number of nitrogens with one attached hydrogen (secondary N) is 1. The second kappa shape index (κ2) is 8.71. The number of aryl methyl sites for hydroxylation is 2. The summed E-state index contributed by atoms with van der Waals surface area (Å²) in [5, 5.41) is 5.63. The molecule has 0 aliphatic carbocycles. The first kappa shape index (κ1) is 21.0. The van der Waals surface area contributed by atoms with Crippen LogP contribution in [-0.2, 0) is 27.1 Å². The molecule has 1 aromatic carbocycles. The first-order valence-corrected chi connectivity index (χ1v) is 12.0. The summed E-state index contributed by atoms with van der Waals surface area (Å²) in [7, 11) is -3.37. The van der Waals surface area contributed by atoms with Crippen LogP contribution >= 0.6 is 11.3 Å². The van der Waals surface area contributed by atoms with Crippen molar-refractivity contribution in [1.82, 2.24) is 14.6 Å². The van der Waals surface area contributed by atoms with Gasteiger partial charge in [0.05, 0.1) is 23.0 Å². The Labute approximate surface area is 171 Å². The molecule has 1 atom stereocenters. The van der Waals surface area contributed by atoms with Gasteiger partial charge < -0.3 is 5.32 Å². The molecule has 1 saturated heterocycles. The summed E-state index contributed by atoms with van der Waals surface area (Å²) in [5.74, 6) is 0.0575. The van der Waals surface area contributed by atoms with Crippen molar-refractivity contribution in [1.29, 1.82) is 0 Å². The highest BCUT2D eigenvalue weighted by atomic mass is 32.2. The average Bonchev–Trinajstić information content (AvgIpc) is 3.12. The predicted octanol–water partition coefficient (Wildman–Crippen LogP) is 3.11. The number of carbonyl (C=O) groups excluding carboxylic acids is 1. The average molecular weight is 422 g/mol. The number of hydrogen-bond donors (Lipinski definition) is 1. The number of hydrogen-bond acceptors (Lipinski definition) is 5. The third-order valence-electron chi connectivity index (χ3n) is 5.14. The molecule has 1 aliphatic heterocycles. The second-order valence-corrected chi connectivity index (χ2v) is 10.3. The smallest absolute Gasteiger partial charge is 0.218 e. The SMILES string of the molecule is CC(=O)NCc1csc([C@H]2CCCN(S(=O)(=O)Cc3ccc(C)c(C)c3)C2)n1. The van der Waals surface area contributed by atoms with Gasteiger partial charge in [-0.25, -0.2) is 17.7 Å². The third-order valence-corrected chi connectivity index (χ3v) is 8.01. The summed E-state index contributed by atoms with van der Waals surface area (Å²) >= 11 is 1.54. The minimum atomic E-state index is -3.37. The van der Waals surface area contributed by atoms with Gasteiger partial charge in [-0.15, -0.1) is 11.3 Å². The molecule has 1 aliphatic rings. The van der Waals surface area contributed by atoms with Crippen LogP contribution < -0.4 is 5.32 Å². The number of amides is 1. The molecule has 0 bridgehead atoms. The maximum Gasteiger partial charge on any atom is 0.218 e. The van der Waals surface area contributed by atoms with E-state index in [1.165, 1.54) is 6.92 Å². The molecule has 1 aromatic heterocycles. The Kier molecular flexibility index (Phi) is 6.52. The predicted molar refractivity (Wildman–Crippen MR) is 112 cm³/mol. The summed E-state index contributed by atoms with van der Waals surface area (Å²) in [6.07, 6.45) is 1.76. The topological polar surface area (TPSA) is 79.4 Å². The van der Waals surface area contributed by atoms with Crippen LogP contribution in [0.15, 0.2) is 23.6 Å². The van der Waals surface area contributed by atoms with E-state index in [-0.39, 0.29) is 17.6 Å². The Bertz CT molecular complexity index is 953. The highest BCUT2D eigenvalue weighted by molar-refractivity contribution is 7.88. The number of piperidine rings is 1. The van der Waals surface area contributed by atoms with Crippen LogP contribution in [0.1, 0.15) is 53.1 Å². The molecule has 1 N–H and O–H groups in total. The van der Waals surface area contributed by atoms with E-state index in [2.05, 4.69) is 10.3 Å². The third kappa shape index (κ3) is 5.18. The van der Waals surface area contributed by atoms with E-state index < -0.39 is 10.0 Å². The number of benzene rings is 1. The van der Waals surface area contributed by atoms with Crippen molar-refractivity contribution in [2.75, 3.05) is 13.1 Å². The van der Waals surface area contributed by atoms with Gasteiger partial charge in [-0.2, -0.15) is 0 Å². The molecule has 8 heteroatoms. The van der Waals surface area contributed by atoms with E-state index in [4.69, 9.17) is 0 Å². The van der Waals surface area contributed by atoms with Crippen molar-refractivity contribution >= 4 is 27.3 Å². The minimum absolute atomic E-state index is 0.0342. The van der Waals surface area contributed by atoms with Gasteiger partial charge in [0, 0.05) is 31.3 Å². The molecule has 1 amide bonds. The lowest BCUT2D eigenvalue weighted by molar-refractivity contribution is -0.119. The van der Waals surface area contributed by atoms with E-state index in [9.17, 15) is 13.2 Å². The largest absolute Gasteiger partial charge is 0.351 e. The Morgan fingerprint density at radius 2 is 2.11 bits per heavy atom. The van der Waals surface area contributed by atoms with Crippen LogP contribution in [-0.4, -0.2) is 36.7 Å². The molecule has 0 unspecified atom stereocenters. The first-order valence-electron chi connectivity index (χ1n) is 9.47. The van der Waals surface area contributed by atoms with Crippen molar-refractivity contribution < 1.29 is 13.2 Å². The van der Waals surface area contributed by atoms with Crippen LogP contribution in [0.3, 0.4) is 0 Å². The first-order chi connectivity index (χ1) is 13.2. The number of thiazole rings is 1. The molecule has 3 rings (SSSR count). The number of aromatic nitrogens is 1. The van der Waals surface area contributed by atoms with Crippen LogP contribution in [0.2, 0.25) is 0 Å². The molecule has 2 heterocycles. The lowest BCUT2D eigenvalue weighted by Crippen LogP contribution is -2.39. The van der Waals surface area contributed by atoms with E-state index in [0.29, 0.717) is 19.6 Å². The molecule has 0 radical (unpaired) electrons. The standard InChI is InChI=1S/C20H27N3O3S2/c1-14-6-7-17(9-15(14)2)13-28(25,26)23-8-4-5-18(11-23)20-22-19(12-27-20)10-21-16(3)24/h6-7,9,12,18H,4-5,8,10-11,13H2,1-3H3,(H,21,24)/t18-/m0/s1. The summed E-state index contributed by atoms with van der Waals surface area (Å²) < 4.78 is 27.6. The van der Waals surface area contributed by atoms with Gasteiger partial charge in [-0.05, 0) is 43.4 Å². The fourth-order valence-corrected chi connectivity index (χ4v) is 5.94. The summed E-state index contributed by atoms with van der Waals surface area (Å²) in [6.45, 7) is 6.95. The lowest BCUT2D eigenvalue weighted by atomic mass is 10.0. The molecule has 28 heavy (non-hydrogen) atoms. The van der Waals surface area contributed by atoms with Crippen molar-refractivity contribution in [3.8, 4) is 0 Å². The second-order valence-electron chi connectivity index (χ2n) is 7.46. The number of sulfonamides is 1. The van der Waals surface area contributed by atoms with Crippen molar-refractivity contribution in [3.05, 3.63) is 51.0 Å². The van der Waals surface area contributed by atoms with Crippen molar-refractivity contribution in [2.24, 2.45) is 0 Å². The molecule has 1 fully saturated rings. The fourth-order valence-electron chi connectivity index (χ4n) is 3.40. The molecular formula is C20H27N3O3S2. The van der Waals surface area contributed by atoms with Gasteiger partial charge in [-0.1, -0.05) is 18.2 Å². The van der Waals surface area contributed by atoms with Crippen LogP contribution in [0.25, 0.3) is 0 Å². The lowest BCUT2D eigenvalue weighted by Gasteiger charge is -2.31. The van der Waals surface area contributed by atoms with E-state index in [1.807, 2.05) is 37.4 Å². The summed E-state index contributed by atoms with van der Waals surface area (Å²) in [4.78, 5) is 15.7. The maximum atomic E-state index is 13.0. The molecule has 2 aromatic rings. The zero-order valence-corrected chi connectivity index (χ0v) is 18.2. The monoisotopic (exact) mass is 421 g/mol. The van der Waals surface area contributed by atoms with Crippen molar-refractivity contribution in [3.63, 3.8) is 0 Å². The maximum absolute atomic E-state index is 13.0. The quantitative estimate of drug-likeness (QED) is 0.777. The van der Waals surface area contributed by atoms with E-state index >= 15 is 0 Å². The van der Waals surface area contributed by atoms with Gasteiger partial charge in [0.25, 0.3) is 0 Å². The molecule has 152 valence electrons. The van der Waals surface area contributed by atoms with Gasteiger partial charge in [-0.3, -0.25) is 4.79 Å². The Morgan fingerprint density at radius 1 is 1.32 bits per heavy atom. The molecule has 0 saturated carbocycles. The molecule has 6 nitrogen and oxygen atoms in total.